The van der Waals surface area contributed by atoms with Gasteiger partial charge in [-0.1, -0.05) is 30.3 Å². The molecule has 204 valence electrons. The number of ether oxygens (including phenoxy) is 4. The molecule has 0 aliphatic carbocycles. The minimum absolute atomic E-state index is 0.0122. The molecular formula is C31H33NO7. The minimum atomic E-state index is -0.807. The van der Waals surface area contributed by atoms with Crippen LogP contribution in [0.2, 0.25) is 0 Å². The minimum Gasteiger partial charge on any atom is -0.507 e. The molecule has 1 amide bonds. The molecular weight excluding hydrogens is 498 g/mol. The van der Waals surface area contributed by atoms with Crippen molar-refractivity contribution in [3.05, 3.63) is 94.6 Å². The summed E-state index contributed by atoms with van der Waals surface area (Å²) < 4.78 is 21.9. The Morgan fingerprint density at radius 3 is 2.31 bits per heavy atom. The number of methoxy groups -OCH3 is 3. The summed E-state index contributed by atoms with van der Waals surface area (Å²) in [4.78, 5) is 27.9. The van der Waals surface area contributed by atoms with Gasteiger partial charge >= 0.3 is 0 Å². The molecule has 0 spiro atoms. The van der Waals surface area contributed by atoms with Crippen LogP contribution < -0.4 is 14.2 Å². The van der Waals surface area contributed by atoms with Gasteiger partial charge in [0.25, 0.3) is 11.7 Å². The predicted molar refractivity (Wildman–Crippen MR) is 147 cm³/mol. The molecule has 0 bridgehead atoms. The average molecular weight is 532 g/mol. The average Bonchev–Trinajstić information content (AvgIpc) is 3.21. The van der Waals surface area contributed by atoms with Crippen LogP contribution in [0.5, 0.6) is 17.2 Å². The highest BCUT2D eigenvalue weighted by atomic mass is 16.5. The fourth-order valence-electron chi connectivity index (χ4n) is 4.66. The summed E-state index contributed by atoms with van der Waals surface area (Å²) in [5, 5.41) is 11.4. The van der Waals surface area contributed by atoms with Crippen LogP contribution in [0.3, 0.4) is 0 Å². The maximum Gasteiger partial charge on any atom is 0.295 e. The summed E-state index contributed by atoms with van der Waals surface area (Å²) in [6.45, 7) is 3.13. The summed E-state index contributed by atoms with van der Waals surface area (Å²) >= 11 is 0. The van der Waals surface area contributed by atoms with Crippen LogP contribution in [0, 0.1) is 6.92 Å². The highest BCUT2D eigenvalue weighted by Crippen LogP contribution is 2.42. The van der Waals surface area contributed by atoms with Crippen LogP contribution >= 0.6 is 0 Å². The van der Waals surface area contributed by atoms with Crippen molar-refractivity contribution >= 4 is 17.4 Å². The van der Waals surface area contributed by atoms with Gasteiger partial charge in [0, 0.05) is 25.8 Å². The summed E-state index contributed by atoms with van der Waals surface area (Å²) in [7, 11) is 4.62. The van der Waals surface area contributed by atoms with E-state index in [2.05, 4.69) is 0 Å². The number of carbonyl (C=O) groups is 2. The van der Waals surface area contributed by atoms with Crippen molar-refractivity contribution in [2.75, 3.05) is 34.5 Å². The highest BCUT2D eigenvalue weighted by Gasteiger charge is 2.46. The number of benzene rings is 3. The van der Waals surface area contributed by atoms with Gasteiger partial charge in [-0.15, -0.1) is 0 Å². The van der Waals surface area contributed by atoms with Gasteiger partial charge in [0.1, 0.15) is 18.1 Å². The standard InChI is InChI=1S/C31H33NO7/c1-20-8-5-6-9-23(20)19-39-24-13-10-21(11-14-24)29(33)27-28(22-12-15-25(37-3)26(18-22)38-4)32(16-7-17-36-2)31(35)30(27)34/h5-6,8-15,18,28,33H,7,16-17,19H2,1-4H3/b29-27+. The lowest BCUT2D eigenvalue weighted by Gasteiger charge is -2.26. The smallest absolute Gasteiger partial charge is 0.295 e. The number of carbonyl (C=O) groups excluding carboxylic acids is 2. The number of aliphatic hydroxyl groups is 1. The molecule has 1 saturated heterocycles. The fraction of sp³-hybridized carbons (Fsp3) is 0.290. The maximum atomic E-state index is 13.3. The van der Waals surface area contributed by atoms with Gasteiger partial charge in [0.2, 0.25) is 0 Å². The summed E-state index contributed by atoms with van der Waals surface area (Å²) in [6, 6.07) is 19.2. The number of ketones is 1. The van der Waals surface area contributed by atoms with Crippen LogP contribution in [0.15, 0.2) is 72.3 Å². The SMILES string of the molecule is COCCCN1C(=O)C(=O)/C(=C(/O)c2ccc(OCc3ccccc3C)cc2)C1c1ccc(OC)c(OC)c1. The zero-order chi connectivity index (χ0) is 27.9. The Labute approximate surface area is 228 Å². The van der Waals surface area contributed by atoms with Gasteiger partial charge in [-0.05, 0) is 66.4 Å². The van der Waals surface area contributed by atoms with Crippen LogP contribution in [-0.4, -0.2) is 56.2 Å². The van der Waals surface area contributed by atoms with E-state index in [4.69, 9.17) is 18.9 Å². The van der Waals surface area contributed by atoms with Gasteiger partial charge in [0.15, 0.2) is 11.5 Å². The van der Waals surface area contributed by atoms with E-state index >= 15 is 0 Å². The van der Waals surface area contributed by atoms with Crippen molar-refractivity contribution in [3.63, 3.8) is 0 Å². The van der Waals surface area contributed by atoms with Gasteiger partial charge in [-0.2, -0.15) is 0 Å². The molecule has 1 fully saturated rings. The number of aliphatic hydroxyl groups excluding tert-OH is 1. The van der Waals surface area contributed by atoms with Crippen molar-refractivity contribution in [2.24, 2.45) is 0 Å². The fourth-order valence-corrected chi connectivity index (χ4v) is 4.66. The molecule has 0 saturated carbocycles. The number of aryl methyl sites for hydroxylation is 1. The third kappa shape index (κ3) is 5.91. The predicted octanol–water partition coefficient (Wildman–Crippen LogP) is 5.05. The molecule has 0 radical (unpaired) electrons. The van der Waals surface area contributed by atoms with Crippen molar-refractivity contribution in [2.45, 2.75) is 26.0 Å². The Morgan fingerprint density at radius 2 is 1.64 bits per heavy atom. The number of hydrogen-bond donors (Lipinski definition) is 1. The molecule has 1 N–H and O–H groups in total. The molecule has 4 rings (SSSR count). The Morgan fingerprint density at radius 1 is 0.923 bits per heavy atom. The van der Waals surface area contributed by atoms with E-state index in [9.17, 15) is 14.7 Å². The van der Waals surface area contributed by atoms with Gasteiger partial charge in [-0.3, -0.25) is 9.59 Å². The van der Waals surface area contributed by atoms with Gasteiger partial charge in [-0.25, -0.2) is 0 Å². The quantitative estimate of drug-likeness (QED) is 0.160. The molecule has 1 aliphatic rings. The second-order valence-corrected chi connectivity index (χ2v) is 9.19. The van der Waals surface area contributed by atoms with E-state index in [1.54, 1.807) is 49.6 Å². The zero-order valence-corrected chi connectivity index (χ0v) is 22.6. The molecule has 1 aliphatic heterocycles. The van der Waals surface area contributed by atoms with Crippen LogP contribution in [0.25, 0.3) is 5.76 Å². The number of nitrogens with zero attached hydrogens (tertiary/aromatic N) is 1. The first-order chi connectivity index (χ1) is 18.9. The van der Waals surface area contributed by atoms with Gasteiger partial charge < -0.3 is 29.0 Å². The van der Waals surface area contributed by atoms with Crippen LogP contribution in [0.1, 0.15) is 34.7 Å². The van der Waals surface area contributed by atoms with E-state index in [1.807, 2.05) is 31.2 Å². The molecule has 3 aromatic rings. The Balaban J connectivity index is 1.68. The molecule has 39 heavy (non-hydrogen) atoms. The third-order valence-electron chi connectivity index (χ3n) is 6.79. The monoisotopic (exact) mass is 531 g/mol. The topological polar surface area (TPSA) is 94.5 Å². The number of hydrogen-bond acceptors (Lipinski definition) is 7. The first-order valence-electron chi connectivity index (χ1n) is 12.7. The second kappa shape index (κ2) is 12.5. The van der Waals surface area contributed by atoms with Crippen molar-refractivity contribution in [1.29, 1.82) is 0 Å². The number of rotatable bonds is 11. The molecule has 8 heteroatoms. The van der Waals surface area contributed by atoms with Crippen molar-refractivity contribution < 1.29 is 33.6 Å². The summed E-state index contributed by atoms with van der Waals surface area (Å²) in [6.07, 6.45) is 0.528. The van der Waals surface area contributed by atoms with Gasteiger partial charge in [0.05, 0.1) is 25.8 Å². The van der Waals surface area contributed by atoms with Crippen molar-refractivity contribution in [1.82, 2.24) is 4.90 Å². The van der Waals surface area contributed by atoms with Crippen LogP contribution in [-0.2, 0) is 20.9 Å². The molecule has 0 aromatic heterocycles. The lowest BCUT2D eigenvalue weighted by molar-refractivity contribution is -0.140. The summed E-state index contributed by atoms with van der Waals surface area (Å²) in [5.41, 5.74) is 3.24. The highest BCUT2D eigenvalue weighted by molar-refractivity contribution is 6.46. The lowest BCUT2D eigenvalue weighted by Crippen LogP contribution is -2.31. The first kappa shape index (κ1) is 27.7. The Hall–Kier alpha value is -4.30. The Kier molecular flexibility index (Phi) is 8.88. The summed E-state index contributed by atoms with van der Waals surface area (Å²) in [5.74, 6) is -0.0965. The molecule has 8 nitrogen and oxygen atoms in total. The molecule has 1 unspecified atom stereocenters. The Bertz CT molecular complexity index is 1360. The van der Waals surface area contributed by atoms with Crippen LogP contribution in [0.4, 0.5) is 0 Å². The first-order valence-corrected chi connectivity index (χ1v) is 12.7. The van der Waals surface area contributed by atoms with E-state index < -0.39 is 17.7 Å². The zero-order valence-electron chi connectivity index (χ0n) is 22.6. The van der Waals surface area contributed by atoms with E-state index in [0.717, 1.165) is 11.1 Å². The molecule has 1 heterocycles. The molecule has 1 atom stereocenters. The van der Waals surface area contributed by atoms with E-state index in [-0.39, 0.29) is 17.9 Å². The maximum absolute atomic E-state index is 13.3. The number of amides is 1. The number of Topliss-reactive ketones (excluding diaryl/α,β-unsaturated/α-hetero) is 1. The number of likely N-dealkylation sites (tertiary alicyclic amines) is 1. The van der Waals surface area contributed by atoms with Crippen molar-refractivity contribution in [3.8, 4) is 17.2 Å². The third-order valence-corrected chi connectivity index (χ3v) is 6.79. The lowest BCUT2D eigenvalue weighted by atomic mass is 9.95. The second-order valence-electron chi connectivity index (χ2n) is 9.19. The normalized spacial score (nSPS) is 16.4. The molecule has 3 aromatic carbocycles. The van der Waals surface area contributed by atoms with E-state index in [1.165, 1.54) is 19.1 Å². The largest absolute Gasteiger partial charge is 0.507 e. The van der Waals surface area contributed by atoms with E-state index in [0.29, 0.717) is 48.0 Å².